The number of thiazole rings is 1. The van der Waals surface area contributed by atoms with Crippen LogP contribution in [0.1, 0.15) is 47.8 Å². The highest BCUT2D eigenvalue weighted by Crippen LogP contribution is 2.44. The van der Waals surface area contributed by atoms with E-state index in [1.54, 1.807) is 0 Å². The summed E-state index contributed by atoms with van der Waals surface area (Å²) >= 11 is 1.09. The van der Waals surface area contributed by atoms with Crippen LogP contribution in [0.5, 0.6) is 0 Å². The first-order chi connectivity index (χ1) is 16.8. The van der Waals surface area contributed by atoms with Gasteiger partial charge in [-0.05, 0) is 34.6 Å². The number of nitrogens with zero attached hydrogens (tertiary/aromatic N) is 1. The fourth-order valence-electron chi connectivity index (χ4n) is 4.30. The summed E-state index contributed by atoms with van der Waals surface area (Å²) in [4.78, 5) is 40.3. The molecule has 1 atom stereocenters. The fraction of sp³-hybridized carbons (Fsp3) is 0.308. The third kappa shape index (κ3) is 5.68. The van der Waals surface area contributed by atoms with Crippen LogP contribution in [0.25, 0.3) is 11.1 Å². The van der Waals surface area contributed by atoms with Crippen LogP contribution in [0.4, 0.5) is 9.93 Å². The summed E-state index contributed by atoms with van der Waals surface area (Å²) in [6.45, 7) is 4.04. The Balaban J connectivity index is 1.32. The number of carboxylic acid groups (broad SMARTS) is 1. The highest BCUT2D eigenvalue weighted by Gasteiger charge is 2.29. The number of carbonyl (C=O) groups is 3. The van der Waals surface area contributed by atoms with E-state index < -0.39 is 23.9 Å². The van der Waals surface area contributed by atoms with Crippen LogP contribution in [0, 0.1) is 11.8 Å². The molecule has 2 aromatic carbocycles. The molecule has 1 aromatic heterocycles. The average molecular weight is 494 g/mol. The fourth-order valence-corrected chi connectivity index (χ4v) is 4.98. The number of ether oxygens (including phenoxy) is 1. The Kier molecular flexibility index (Phi) is 7.45. The third-order valence-electron chi connectivity index (χ3n) is 5.90. The Hall–Kier alpha value is -3.72. The number of carboxylic acids is 1. The summed E-state index contributed by atoms with van der Waals surface area (Å²) in [5.41, 5.74) is 4.63. The number of carbonyl (C=O) groups excluding carboxylic acids is 2. The van der Waals surface area contributed by atoms with E-state index in [2.05, 4.69) is 27.8 Å². The second-order valence-electron chi connectivity index (χ2n) is 8.86. The normalized spacial score (nSPS) is 13.1. The second kappa shape index (κ2) is 10.7. The number of benzene rings is 2. The molecule has 35 heavy (non-hydrogen) atoms. The zero-order valence-corrected chi connectivity index (χ0v) is 20.3. The van der Waals surface area contributed by atoms with Crippen LogP contribution in [-0.2, 0) is 9.53 Å². The maximum absolute atomic E-state index is 12.4. The first-order valence-corrected chi connectivity index (χ1v) is 12.3. The van der Waals surface area contributed by atoms with Gasteiger partial charge in [0.15, 0.2) is 5.13 Å². The summed E-state index contributed by atoms with van der Waals surface area (Å²) in [5, 5.41) is 16.2. The van der Waals surface area contributed by atoms with Gasteiger partial charge in [0.2, 0.25) is 0 Å². The van der Waals surface area contributed by atoms with Gasteiger partial charge in [0.1, 0.15) is 12.3 Å². The van der Waals surface area contributed by atoms with Crippen molar-refractivity contribution in [2.45, 2.75) is 26.2 Å². The number of hydrogen-bond acceptors (Lipinski definition) is 6. The van der Waals surface area contributed by atoms with Gasteiger partial charge in [0, 0.05) is 17.8 Å². The van der Waals surface area contributed by atoms with Crippen LogP contribution in [0.15, 0.2) is 53.9 Å². The summed E-state index contributed by atoms with van der Waals surface area (Å²) < 4.78 is 5.51. The number of fused-ring (bicyclic) bond motifs is 3. The lowest BCUT2D eigenvalue weighted by molar-refractivity contribution is -0.142. The molecular weight excluding hydrogens is 466 g/mol. The quantitative estimate of drug-likeness (QED) is 0.387. The number of hydrogen-bond donors (Lipinski definition) is 3. The Bertz CT molecular complexity index is 1190. The zero-order valence-electron chi connectivity index (χ0n) is 19.5. The Morgan fingerprint density at radius 2 is 1.69 bits per heavy atom. The lowest BCUT2D eigenvalue weighted by atomic mass is 9.97. The maximum Gasteiger partial charge on any atom is 0.413 e. The van der Waals surface area contributed by atoms with Crippen LogP contribution in [0.3, 0.4) is 0 Å². The average Bonchev–Trinajstić information content (AvgIpc) is 3.42. The molecule has 0 saturated carbocycles. The van der Waals surface area contributed by atoms with Crippen molar-refractivity contribution in [2.24, 2.45) is 11.8 Å². The predicted molar refractivity (Wildman–Crippen MR) is 134 cm³/mol. The number of aliphatic carboxylic acids is 1. The Labute approximate surface area is 207 Å². The number of anilines is 1. The largest absolute Gasteiger partial charge is 0.481 e. The van der Waals surface area contributed by atoms with Crippen LogP contribution < -0.4 is 10.6 Å². The molecule has 0 spiro atoms. The van der Waals surface area contributed by atoms with E-state index in [-0.39, 0.29) is 35.8 Å². The number of rotatable bonds is 9. The van der Waals surface area contributed by atoms with Crippen LogP contribution in [0.2, 0.25) is 0 Å². The lowest BCUT2D eigenvalue weighted by Crippen LogP contribution is -2.33. The molecule has 0 fully saturated rings. The van der Waals surface area contributed by atoms with Crippen molar-refractivity contribution in [2.75, 3.05) is 18.5 Å². The molecule has 3 aromatic rings. The zero-order chi connectivity index (χ0) is 24.9. The Morgan fingerprint density at radius 3 is 2.29 bits per heavy atom. The molecule has 0 bridgehead atoms. The highest BCUT2D eigenvalue weighted by atomic mass is 32.1. The molecule has 182 valence electrons. The van der Waals surface area contributed by atoms with Gasteiger partial charge >= 0.3 is 12.1 Å². The van der Waals surface area contributed by atoms with Crippen molar-refractivity contribution >= 4 is 34.4 Å². The summed E-state index contributed by atoms with van der Waals surface area (Å²) in [6, 6.07) is 16.2. The van der Waals surface area contributed by atoms with Crippen molar-refractivity contribution in [3.8, 4) is 11.1 Å². The molecule has 4 rings (SSSR count). The predicted octanol–water partition coefficient (Wildman–Crippen LogP) is 4.98. The van der Waals surface area contributed by atoms with E-state index in [0.717, 1.165) is 33.6 Å². The number of amides is 2. The molecule has 1 aliphatic rings. The monoisotopic (exact) mass is 493 g/mol. The molecule has 0 radical (unpaired) electrons. The standard InChI is InChI=1S/C26H27N3O5S/c1-15(2)11-16(24(31)32)12-27-23(30)22-14-35-25(28-22)29-26(33)34-13-21-19-9-5-3-7-17(19)18-8-4-6-10-20(18)21/h3-10,14-16,21H,11-13H2,1-2H3,(H,27,30)(H,31,32)(H,28,29,33). The van der Waals surface area contributed by atoms with Crippen molar-refractivity contribution in [1.82, 2.24) is 10.3 Å². The first-order valence-electron chi connectivity index (χ1n) is 11.4. The molecular formula is C26H27N3O5S. The van der Waals surface area contributed by atoms with Crippen LogP contribution in [-0.4, -0.2) is 41.2 Å². The van der Waals surface area contributed by atoms with Gasteiger partial charge in [-0.1, -0.05) is 62.4 Å². The summed E-state index contributed by atoms with van der Waals surface area (Å²) in [5.74, 6) is -1.97. The van der Waals surface area contributed by atoms with E-state index in [9.17, 15) is 19.5 Å². The van der Waals surface area contributed by atoms with Gasteiger partial charge < -0.3 is 15.2 Å². The van der Waals surface area contributed by atoms with Gasteiger partial charge in [-0.2, -0.15) is 0 Å². The third-order valence-corrected chi connectivity index (χ3v) is 6.66. The molecule has 1 aliphatic carbocycles. The maximum atomic E-state index is 12.4. The summed E-state index contributed by atoms with van der Waals surface area (Å²) in [7, 11) is 0. The Morgan fingerprint density at radius 1 is 1.06 bits per heavy atom. The summed E-state index contributed by atoms with van der Waals surface area (Å²) in [6.07, 6.45) is -0.197. The highest BCUT2D eigenvalue weighted by molar-refractivity contribution is 7.14. The molecule has 1 unspecified atom stereocenters. The van der Waals surface area contributed by atoms with Crippen molar-refractivity contribution in [3.63, 3.8) is 0 Å². The van der Waals surface area contributed by atoms with Crippen molar-refractivity contribution in [1.29, 1.82) is 0 Å². The lowest BCUT2D eigenvalue weighted by Gasteiger charge is -2.15. The molecule has 2 amide bonds. The molecule has 8 nitrogen and oxygen atoms in total. The minimum absolute atomic E-state index is 0.0129. The minimum Gasteiger partial charge on any atom is -0.481 e. The molecule has 1 heterocycles. The van der Waals surface area contributed by atoms with Crippen LogP contribution >= 0.6 is 11.3 Å². The molecule has 9 heteroatoms. The number of aromatic nitrogens is 1. The minimum atomic E-state index is -0.949. The van der Waals surface area contributed by atoms with Crippen molar-refractivity contribution < 1.29 is 24.2 Å². The second-order valence-corrected chi connectivity index (χ2v) is 9.72. The van der Waals surface area contributed by atoms with E-state index in [1.807, 2.05) is 50.2 Å². The van der Waals surface area contributed by atoms with Gasteiger partial charge in [0.05, 0.1) is 5.92 Å². The van der Waals surface area contributed by atoms with Gasteiger partial charge in [-0.3, -0.25) is 14.9 Å². The van der Waals surface area contributed by atoms with Gasteiger partial charge in [-0.25, -0.2) is 9.78 Å². The van der Waals surface area contributed by atoms with E-state index in [0.29, 0.717) is 6.42 Å². The van der Waals surface area contributed by atoms with Gasteiger partial charge in [-0.15, -0.1) is 11.3 Å². The molecule has 0 aliphatic heterocycles. The van der Waals surface area contributed by atoms with E-state index in [4.69, 9.17) is 4.74 Å². The molecule has 0 saturated heterocycles. The van der Waals surface area contributed by atoms with E-state index in [1.165, 1.54) is 5.38 Å². The number of nitrogens with one attached hydrogen (secondary N) is 2. The SMILES string of the molecule is CC(C)CC(CNC(=O)c1csc(NC(=O)OCC2c3ccccc3-c3ccccc32)n1)C(=O)O. The van der Waals surface area contributed by atoms with Gasteiger partial charge in [0.25, 0.3) is 5.91 Å². The smallest absolute Gasteiger partial charge is 0.413 e. The van der Waals surface area contributed by atoms with E-state index >= 15 is 0 Å². The van der Waals surface area contributed by atoms with Crippen molar-refractivity contribution in [3.05, 3.63) is 70.7 Å². The molecule has 3 N–H and O–H groups in total. The topological polar surface area (TPSA) is 118 Å². The first kappa shape index (κ1) is 24.4.